The molecule has 0 aliphatic rings. The Morgan fingerprint density at radius 3 is 1.74 bits per heavy atom. The molecule has 4 heteroatoms. The summed E-state index contributed by atoms with van der Waals surface area (Å²) >= 11 is 0. The molecule has 0 saturated heterocycles. The Bertz CT molecular complexity index is 752. The molecule has 3 aromatic rings. The predicted molar refractivity (Wildman–Crippen MR) is 73.1 cm³/mol. The van der Waals surface area contributed by atoms with Gasteiger partial charge >= 0.3 is 0 Å². The molecule has 0 bridgehead atoms. The second kappa shape index (κ2) is 4.31. The molecule has 0 unspecified atom stereocenters. The molecular weight excluding hydrogens is 244 g/mol. The highest BCUT2D eigenvalue weighted by Gasteiger charge is 2.14. The first kappa shape index (κ1) is 11.6. The van der Waals surface area contributed by atoms with Crippen LogP contribution in [0.25, 0.3) is 21.9 Å². The fraction of sp³-hybridized carbons (Fsp3) is 0.133. The van der Waals surface area contributed by atoms with E-state index in [1.54, 1.807) is 36.4 Å². The molecule has 4 nitrogen and oxygen atoms in total. The maximum atomic E-state index is 12.6. The summed E-state index contributed by atoms with van der Waals surface area (Å²) in [5.74, 6) is 0.998. The Morgan fingerprint density at radius 1 is 0.842 bits per heavy atom. The summed E-state index contributed by atoms with van der Waals surface area (Å²) in [5.41, 5.74) is 0.862. The predicted octanol–water partition coefficient (Wildman–Crippen LogP) is 2.96. The standard InChI is InChI=1S/C15H12O4/c1-17-9-5-3-7-11-13(9)15(16)14-10(18-2)6-4-8-12(14)19-11/h3-8H,1-2H3. The molecule has 2 aromatic carbocycles. The van der Waals surface area contributed by atoms with Gasteiger partial charge in [-0.3, -0.25) is 4.79 Å². The van der Waals surface area contributed by atoms with Crippen LogP contribution in [-0.4, -0.2) is 14.2 Å². The molecule has 3 rings (SSSR count). The molecule has 0 N–H and O–H groups in total. The van der Waals surface area contributed by atoms with Gasteiger partial charge in [0.1, 0.15) is 33.4 Å². The van der Waals surface area contributed by atoms with Crippen LogP contribution in [0.3, 0.4) is 0 Å². The van der Waals surface area contributed by atoms with Crippen molar-refractivity contribution in [2.24, 2.45) is 0 Å². The van der Waals surface area contributed by atoms with Crippen LogP contribution < -0.4 is 14.9 Å². The monoisotopic (exact) mass is 256 g/mol. The molecule has 0 amide bonds. The van der Waals surface area contributed by atoms with Crippen molar-refractivity contribution >= 4 is 21.9 Å². The number of fused-ring (bicyclic) bond motifs is 2. The first-order chi connectivity index (χ1) is 9.26. The van der Waals surface area contributed by atoms with E-state index in [9.17, 15) is 4.79 Å². The summed E-state index contributed by atoms with van der Waals surface area (Å²) in [7, 11) is 3.06. The lowest BCUT2D eigenvalue weighted by molar-refractivity contribution is 0.417. The van der Waals surface area contributed by atoms with Crippen LogP contribution in [0, 0.1) is 0 Å². The number of hydrogen-bond acceptors (Lipinski definition) is 4. The van der Waals surface area contributed by atoms with Gasteiger partial charge in [0.2, 0.25) is 5.43 Å². The highest BCUT2D eigenvalue weighted by molar-refractivity contribution is 5.95. The number of ether oxygens (including phenoxy) is 2. The van der Waals surface area contributed by atoms with Crippen molar-refractivity contribution in [1.29, 1.82) is 0 Å². The molecule has 96 valence electrons. The van der Waals surface area contributed by atoms with E-state index in [2.05, 4.69) is 0 Å². The second-order valence-corrected chi connectivity index (χ2v) is 4.10. The average Bonchev–Trinajstić information content (AvgIpc) is 2.45. The molecule has 1 aromatic heterocycles. The van der Waals surface area contributed by atoms with Crippen LogP contribution in [-0.2, 0) is 0 Å². The van der Waals surface area contributed by atoms with Gasteiger partial charge in [-0.2, -0.15) is 0 Å². The highest BCUT2D eigenvalue weighted by atomic mass is 16.5. The van der Waals surface area contributed by atoms with Gasteiger partial charge in [-0.25, -0.2) is 0 Å². The summed E-state index contributed by atoms with van der Waals surface area (Å²) in [6.45, 7) is 0. The van der Waals surface area contributed by atoms with Gasteiger partial charge in [0.25, 0.3) is 0 Å². The Labute approximate surface area is 109 Å². The van der Waals surface area contributed by atoms with Crippen LogP contribution in [0.15, 0.2) is 45.6 Å². The summed E-state index contributed by atoms with van der Waals surface area (Å²) in [5, 5.41) is 0.865. The van der Waals surface area contributed by atoms with Crippen molar-refractivity contribution in [2.45, 2.75) is 0 Å². The smallest absolute Gasteiger partial charge is 0.208 e. The molecule has 0 spiro atoms. The van der Waals surface area contributed by atoms with E-state index in [1.807, 2.05) is 0 Å². The molecule has 0 radical (unpaired) electrons. The zero-order valence-electron chi connectivity index (χ0n) is 10.6. The average molecular weight is 256 g/mol. The Morgan fingerprint density at radius 2 is 1.32 bits per heavy atom. The Hall–Kier alpha value is -2.49. The fourth-order valence-electron chi connectivity index (χ4n) is 2.22. The SMILES string of the molecule is COc1cccc2oc3cccc(OC)c3c(=O)c12. The normalized spacial score (nSPS) is 10.8. The topological polar surface area (TPSA) is 48.7 Å². The van der Waals surface area contributed by atoms with Crippen LogP contribution in [0.2, 0.25) is 0 Å². The van der Waals surface area contributed by atoms with E-state index < -0.39 is 0 Å². The van der Waals surface area contributed by atoms with Gasteiger partial charge < -0.3 is 13.9 Å². The fourth-order valence-corrected chi connectivity index (χ4v) is 2.22. The Kier molecular flexibility index (Phi) is 2.63. The van der Waals surface area contributed by atoms with Crippen LogP contribution in [0.4, 0.5) is 0 Å². The third-order valence-electron chi connectivity index (χ3n) is 3.09. The number of rotatable bonds is 2. The molecule has 1 heterocycles. The highest BCUT2D eigenvalue weighted by Crippen LogP contribution is 2.29. The van der Waals surface area contributed by atoms with Gasteiger partial charge in [0.15, 0.2) is 0 Å². The molecule has 0 aliphatic heterocycles. The van der Waals surface area contributed by atoms with Crippen molar-refractivity contribution in [1.82, 2.24) is 0 Å². The molecule has 0 aliphatic carbocycles. The molecular formula is C15H12O4. The first-order valence-corrected chi connectivity index (χ1v) is 5.83. The van der Waals surface area contributed by atoms with Crippen molar-refractivity contribution < 1.29 is 13.9 Å². The van der Waals surface area contributed by atoms with E-state index >= 15 is 0 Å². The van der Waals surface area contributed by atoms with Crippen LogP contribution >= 0.6 is 0 Å². The van der Waals surface area contributed by atoms with Gasteiger partial charge in [0.05, 0.1) is 14.2 Å². The van der Waals surface area contributed by atoms with Crippen molar-refractivity contribution in [3.63, 3.8) is 0 Å². The van der Waals surface area contributed by atoms with Gasteiger partial charge in [-0.1, -0.05) is 12.1 Å². The van der Waals surface area contributed by atoms with Crippen molar-refractivity contribution in [3.8, 4) is 11.5 Å². The van der Waals surface area contributed by atoms with Crippen LogP contribution in [0.5, 0.6) is 11.5 Å². The van der Waals surface area contributed by atoms with E-state index in [0.29, 0.717) is 33.4 Å². The summed E-state index contributed by atoms with van der Waals surface area (Å²) < 4.78 is 16.2. The summed E-state index contributed by atoms with van der Waals surface area (Å²) in [6.07, 6.45) is 0. The van der Waals surface area contributed by atoms with Crippen LogP contribution in [0.1, 0.15) is 0 Å². The summed E-state index contributed by atoms with van der Waals surface area (Å²) in [6, 6.07) is 10.5. The van der Waals surface area contributed by atoms with E-state index in [0.717, 1.165) is 0 Å². The summed E-state index contributed by atoms with van der Waals surface area (Å²) in [4.78, 5) is 12.6. The lowest BCUT2D eigenvalue weighted by Crippen LogP contribution is -2.05. The number of benzene rings is 2. The van der Waals surface area contributed by atoms with Crippen molar-refractivity contribution in [2.75, 3.05) is 14.2 Å². The molecule has 0 fully saturated rings. The zero-order chi connectivity index (χ0) is 13.4. The second-order valence-electron chi connectivity index (χ2n) is 4.10. The van der Waals surface area contributed by atoms with E-state index in [4.69, 9.17) is 13.9 Å². The lowest BCUT2D eigenvalue weighted by Gasteiger charge is -2.08. The number of hydrogen-bond donors (Lipinski definition) is 0. The minimum atomic E-state index is -0.147. The van der Waals surface area contributed by atoms with Gasteiger partial charge in [0, 0.05) is 0 Å². The minimum Gasteiger partial charge on any atom is -0.496 e. The molecule has 0 atom stereocenters. The van der Waals surface area contributed by atoms with Gasteiger partial charge in [-0.15, -0.1) is 0 Å². The van der Waals surface area contributed by atoms with E-state index in [-0.39, 0.29) is 5.43 Å². The lowest BCUT2D eigenvalue weighted by atomic mass is 10.1. The maximum absolute atomic E-state index is 12.6. The van der Waals surface area contributed by atoms with Gasteiger partial charge in [-0.05, 0) is 24.3 Å². The number of methoxy groups -OCH3 is 2. The van der Waals surface area contributed by atoms with Crippen molar-refractivity contribution in [3.05, 3.63) is 46.6 Å². The zero-order valence-corrected chi connectivity index (χ0v) is 10.6. The third kappa shape index (κ3) is 1.64. The van der Waals surface area contributed by atoms with E-state index in [1.165, 1.54) is 14.2 Å². The maximum Gasteiger partial charge on any atom is 0.208 e. The largest absolute Gasteiger partial charge is 0.496 e. The Balaban J connectivity index is 2.58. The first-order valence-electron chi connectivity index (χ1n) is 5.83. The molecule has 0 saturated carbocycles. The minimum absolute atomic E-state index is 0.147. The third-order valence-corrected chi connectivity index (χ3v) is 3.09. The quantitative estimate of drug-likeness (QED) is 0.661. The molecule has 19 heavy (non-hydrogen) atoms.